The third kappa shape index (κ3) is 5.93. The van der Waals surface area contributed by atoms with Crippen molar-refractivity contribution in [3.8, 4) is 11.5 Å². The fraction of sp³-hybridized carbons (Fsp3) is 0.429. The van der Waals surface area contributed by atoms with Gasteiger partial charge in [-0.15, -0.1) is 0 Å². The molecule has 0 saturated carbocycles. The van der Waals surface area contributed by atoms with Gasteiger partial charge < -0.3 is 14.5 Å². The maximum Gasteiger partial charge on any atom is 0.416 e. The zero-order valence-corrected chi connectivity index (χ0v) is 16.7. The maximum absolute atomic E-state index is 12.8. The predicted octanol–water partition coefficient (Wildman–Crippen LogP) is 4.59. The van der Waals surface area contributed by atoms with Gasteiger partial charge in [0, 0.05) is 32.2 Å². The SMILES string of the molecule is CN1CCN(CCCc2ccc(Oc3ccc(C(F)(F)F)cc3[N+](=O)[O-])cc2)CC1. The first-order valence-electron chi connectivity index (χ1n) is 9.76. The van der Waals surface area contributed by atoms with E-state index in [1.807, 2.05) is 12.1 Å². The van der Waals surface area contributed by atoms with Crippen LogP contribution in [0.5, 0.6) is 11.5 Å². The third-order valence-corrected chi connectivity index (χ3v) is 5.17. The zero-order chi connectivity index (χ0) is 21.7. The first-order chi connectivity index (χ1) is 14.2. The molecule has 30 heavy (non-hydrogen) atoms. The van der Waals surface area contributed by atoms with E-state index >= 15 is 0 Å². The molecular formula is C21H24F3N3O3. The number of piperazine rings is 1. The summed E-state index contributed by atoms with van der Waals surface area (Å²) < 4.78 is 43.9. The number of hydrogen-bond donors (Lipinski definition) is 0. The zero-order valence-electron chi connectivity index (χ0n) is 16.7. The van der Waals surface area contributed by atoms with Gasteiger partial charge in [0.05, 0.1) is 10.5 Å². The van der Waals surface area contributed by atoms with Gasteiger partial charge in [-0.25, -0.2) is 0 Å². The molecule has 162 valence electrons. The van der Waals surface area contributed by atoms with Gasteiger partial charge in [0.1, 0.15) is 5.75 Å². The number of aryl methyl sites for hydroxylation is 1. The molecule has 1 aliphatic heterocycles. The van der Waals surface area contributed by atoms with Crippen LogP contribution in [0.1, 0.15) is 17.5 Å². The summed E-state index contributed by atoms with van der Waals surface area (Å²) in [5.41, 5.74) is -0.697. The molecule has 0 aliphatic carbocycles. The number of likely N-dealkylation sites (N-methyl/N-ethyl adjacent to an activating group) is 1. The molecule has 2 aromatic rings. The van der Waals surface area contributed by atoms with Crippen molar-refractivity contribution in [1.29, 1.82) is 0 Å². The van der Waals surface area contributed by atoms with Crippen LogP contribution >= 0.6 is 0 Å². The number of nitrogens with zero attached hydrogens (tertiary/aromatic N) is 3. The second-order valence-corrected chi connectivity index (χ2v) is 7.43. The number of rotatable bonds is 7. The molecule has 0 spiro atoms. The Morgan fingerprint density at radius 2 is 1.73 bits per heavy atom. The van der Waals surface area contributed by atoms with Gasteiger partial charge >= 0.3 is 11.9 Å². The van der Waals surface area contributed by atoms with Crippen LogP contribution < -0.4 is 4.74 Å². The molecule has 1 saturated heterocycles. The second kappa shape index (κ2) is 9.44. The Bertz CT molecular complexity index is 864. The third-order valence-electron chi connectivity index (χ3n) is 5.17. The number of ether oxygens (including phenoxy) is 1. The quantitative estimate of drug-likeness (QED) is 0.482. The van der Waals surface area contributed by atoms with Crippen molar-refractivity contribution in [2.24, 2.45) is 0 Å². The molecule has 1 heterocycles. The van der Waals surface area contributed by atoms with E-state index < -0.39 is 22.4 Å². The molecular weight excluding hydrogens is 399 g/mol. The Morgan fingerprint density at radius 3 is 2.33 bits per heavy atom. The highest BCUT2D eigenvalue weighted by Gasteiger charge is 2.33. The van der Waals surface area contributed by atoms with E-state index in [2.05, 4.69) is 16.8 Å². The first kappa shape index (κ1) is 22.0. The Kier molecular flexibility index (Phi) is 6.94. The first-order valence-corrected chi connectivity index (χ1v) is 9.76. The minimum absolute atomic E-state index is 0.226. The normalized spacial score (nSPS) is 15.9. The molecule has 9 heteroatoms. The lowest BCUT2D eigenvalue weighted by Gasteiger charge is -2.32. The number of nitro groups is 1. The monoisotopic (exact) mass is 423 g/mol. The minimum Gasteiger partial charge on any atom is -0.450 e. The molecule has 0 atom stereocenters. The second-order valence-electron chi connectivity index (χ2n) is 7.43. The Labute approximate surface area is 173 Å². The summed E-state index contributed by atoms with van der Waals surface area (Å²) in [6.45, 7) is 5.36. The fourth-order valence-electron chi connectivity index (χ4n) is 3.35. The van der Waals surface area contributed by atoms with E-state index in [1.165, 1.54) is 0 Å². The Morgan fingerprint density at radius 1 is 1.07 bits per heavy atom. The van der Waals surface area contributed by atoms with Gasteiger partial charge in [0.25, 0.3) is 0 Å². The van der Waals surface area contributed by atoms with Crippen molar-refractivity contribution in [1.82, 2.24) is 9.80 Å². The van der Waals surface area contributed by atoms with E-state index in [0.29, 0.717) is 11.8 Å². The van der Waals surface area contributed by atoms with Crippen LogP contribution in [0, 0.1) is 10.1 Å². The highest BCUT2D eigenvalue weighted by atomic mass is 19.4. The molecule has 0 unspecified atom stereocenters. The molecule has 0 amide bonds. The summed E-state index contributed by atoms with van der Waals surface area (Å²) in [6.07, 6.45) is -2.74. The van der Waals surface area contributed by atoms with Crippen molar-refractivity contribution >= 4 is 5.69 Å². The fourth-order valence-corrected chi connectivity index (χ4v) is 3.35. The van der Waals surface area contributed by atoms with E-state index in [0.717, 1.165) is 63.3 Å². The predicted molar refractivity (Wildman–Crippen MR) is 107 cm³/mol. The summed E-state index contributed by atoms with van der Waals surface area (Å²) in [7, 11) is 2.13. The molecule has 1 aliphatic rings. The Hall–Kier alpha value is -2.65. The van der Waals surface area contributed by atoms with Crippen LogP contribution in [-0.4, -0.2) is 54.5 Å². The van der Waals surface area contributed by atoms with Gasteiger partial charge in [0.15, 0.2) is 0 Å². The number of hydrogen-bond acceptors (Lipinski definition) is 5. The van der Waals surface area contributed by atoms with Crippen LogP contribution in [0.3, 0.4) is 0 Å². The van der Waals surface area contributed by atoms with Crippen LogP contribution in [0.25, 0.3) is 0 Å². The molecule has 2 aromatic carbocycles. The van der Waals surface area contributed by atoms with Gasteiger partial charge in [-0.05, 0) is 56.3 Å². The molecule has 3 rings (SSSR count). The summed E-state index contributed by atoms with van der Waals surface area (Å²) in [5.74, 6) is 0.108. The van der Waals surface area contributed by atoms with Crippen molar-refractivity contribution in [2.45, 2.75) is 19.0 Å². The smallest absolute Gasteiger partial charge is 0.416 e. The summed E-state index contributed by atoms with van der Waals surface area (Å²) in [4.78, 5) is 15.0. The van der Waals surface area contributed by atoms with E-state index in [4.69, 9.17) is 4.74 Å². The lowest BCUT2D eigenvalue weighted by Crippen LogP contribution is -2.44. The molecule has 0 N–H and O–H groups in total. The largest absolute Gasteiger partial charge is 0.450 e. The molecule has 0 aromatic heterocycles. The molecule has 0 bridgehead atoms. The topological polar surface area (TPSA) is 58.8 Å². The van der Waals surface area contributed by atoms with Gasteiger partial charge in [-0.1, -0.05) is 12.1 Å². The van der Waals surface area contributed by atoms with E-state index in [9.17, 15) is 23.3 Å². The summed E-state index contributed by atoms with van der Waals surface area (Å²) >= 11 is 0. The Balaban J connectivity index is 1.58. The van der Waals surface area contributed by atoms with Crippen LogP contribution in [-0.2, 0) is 12.6 Å². The van der Waals surface area contributed by atoms with Crippen molar-refractivity contribution in [3.63, 3.8) is 0 Å². The lowest BCUT2D eigenvalue weighted by atomic mass is 10.1. The van der Waals surface area contributed by atoms with Crippen molar-refractivity contribution in [3.05, 3.63) is 63.7 Å². The van der Waals surface area contributed by atoms with Crippen LogP contribution in [0.15, 0.2) is 42.5 Å². The minimum atomic E-state index is -4.66. The molecule has 0 radical (unpaired) electrons. The average molecular weight is 423 g/mol. The van der Waals surface area contributed by atoms with Crippen LogP contribution in [0.2, 0.25) is 0 Å². The summed E-state index contributed by atoms with van der Waals surface area (Å²) in [5, 5.41) is 11.2. The number of halogens is 3. The van der Waals surface area contributed by atoms with Crippen LogP contribution in [0.4, 0.5) is 18.9 Å². The number of benzene rings is 2. The maximum atomic E-state index is 12.8. The highest BCUT2D eigenvalue weighted by Crippen LogP contribution is 2.37. The summed E-state index contributed by atoms with van der Waals surface area (Å²) in [6, 6.07) is 9.33. The highest BCUT2D eigenvalue weighted by molar-refractivity contribution is 5.51. The van der Waals surface area contributed by atoms with E-state index in [-0.39, 0.29) is 5.75 Å². The lowest BCUT2D eigenvalue weighted by molar-refractivity contribution is -0.385. The van der Waals surface area contributed by atoms with Crippen molar-refractivity contribution in [2.75, 3.05) is 39.8 Å². The molecule has 1 fully saturated rings. The number of nitro benzene ring substituents is 1. The number of alkyl halides is 3. The van der Waals surface area contributed by atoms with E-state index in [1.54, 1.807) is 12.1 Å². The van der Waals surface area contributed by atoms with Gasteiger partial charge in [0.2, 0.25) is 5.75 Å². The van der Waals surface area contributed by atoms with Crippen molar-refractivity contribution < 1.29 is 22.8 Å². The standard InChI is InChI=1S/C21H24F3N3O3/c1-25-11-13-26(14-12-25)10-2-3-16-4-7-18(8-5-16)30-20-9-6-17(21(22,23)24)15-19(20)27(28)29/h4-9,15H,2-3,10-14H2,1H3. The van der Waals surface area contributed by atoms with Gasteiger partial charge in [-0.3, -0.25) is 10.1 Å². The van der Waals surface area contributed by atoms with Gasteiger partial charge in [-0.2, -0.15) is 13.2 Å². The average Bonchev–Trinajstić information content (AvgIpc) is 2.70. The molecule has 6 nitrogen and oxygen atoms in total.